The Morgan fingerprint density at radius 1 is 0.703 bits per heavy atom. The first-order chi connectivity index (χ1) is 30.4. The van der Waals surface area contributed by atoms with Crippen LogP contribution in [0.25, 0.3) is 11.3 Å². The van der Waals surface area contributed by atoms with Crippen molar-refractivity contribution in [3.8, 4) is 0 Å². The van der Waals surface area contributed by atoms with Gasteiger partial charge in [0.15, 0.2) is 11.3 Å². The van der Waals surface area contributed by atoms with Gasteiger partial charge in [-0.2, -0.15) is 19.2 Å². The van der Waals surface area contributed by atoms with Crippen LogP contribution in [0.15, 0.2) is 85.2 Å². The summed E-state index contributed by atoms with van der Waals surface area (Å²) < 4.78 is 9.48. The maximum Gasteiger partial charge on any atom is 0.416 e. The topological polar surface area (TPSA) is 154 Å². The maximum atomic E-state index is 13.4. The minimum atomic E-state index is -0.620. The van der Waals surface area contributed by atoms with Crippen LogP contribution in [0.1, 0.15) is 147 Å². The molecule has 1 amide bonds. The second-order valence-electron chi connectivity index (χ2n) is 17.9. The van der Waals surface area contributed by atoms with E-state index in [1.54, 1.807) is 9.42 Å². The summed E-state index contributed by atoms with van der Waals surface area (Å²) >= 11 is 0. The molecule has 348 valence electrons. The van der Waals surface area contributed by atoms with E-state index < -0.39 is 11.7 Å². The standard InChI is InChI=1S/C28H41N5O2.C22H32N6.ClH/c1-7-8-9-10-14-17-29-24-18-25(33-26(31-24)23(19-30-33)21(2)3)32(27(34)35-28(4,5)6)20-22-15-12-11-13-16-22;1-17(2)19-16-26-28-21(25-15-18-10-6-5-7-11-18)14-20(27-22(19)28)24-13-9-4-3-8-12-23;/h11-13,15-16,18-19,21H,7-10,14,17,20H2,1-6H3,(H,29,31);5-7,10-11,14,16-17,25H,3-4,8-9,12-13,15,23H2,1-2H3,(H,24,27);1H. The number of carbonyl (C=O) groups is 1. The zero-order valence-corrected chi connectivity index (χ0v) is 40.4. The molecular formula is C50H74ClN11O2. The Kier molecular flexibility index (Phi) is 20.6. The maximum absolute atomic E-state index is 13.4. The van der Waals surface area contributed by atoms with Crippen LogP contribution >= 0.6 is 0 Å². The zero-order chi connectivity index (χ0) is 45.2. The lowest BCUT2D eigenvalue weighted by Gasteiger charge is -2.28. The van der Waals surface area contributed by atoms with Gasteiger partial charge in [0.2, 0.25) is 0 Å². The molecule has 0 radical (unpaired) electrons. The molecule has 6 aromatic rings. The van der Waals surface area contributed by atoms with Crippen molar-refractivity contribution < 1.29 is 27.7 Å². The highest BCUT2D eigenvalue weighted by Gasteiger charge is 2.27. The molecule has 13 nitrogen and oxygen atoms in total. The lowest BCUT2D eigenvalue weighted by atomic mass is 10.1. The fourth-order valence-corrected chi connectivity index (χ4v) is 7.19. The summed E-state index contributed by atoms with van der Waals surface area (Å²) in [6.07, 6.45) is 14.2. The van der Waals surface area contributed by atoms with Gasteiger partial charge >= 0.3 is 6.09 Å². The monoisotopic (exact) mass is 896 g/mol. The van der Waals surface area contributed by atoms with Crippen LogP contribution in [0.2, 0.25) is 0 Å². The van der Waals surface area contributed by atoms with Crippen molar-refractivity contribution in [1.82, 2.24) is 29.2 Å². The second-order valence-corrected chi connectivity index (χ2v) is 17.9. The van der Waals surface area contributed by atoms with E-state index in [2.05, 4.69) is 96.8 Å². The molecule has 6 rings (SSSR count). The number of amides is 1. The van der Waals surface area contributed by atoms with Crippen molar-refractivity contribution in [2.24, 2.45) is 0 Å². The number of halogens is 1. The van der Waals surface area contributed by atoms with Gasteiger partial charge in [-0.1, -0.05) is 127 Å². The normalized spacial score (nSPS) is 11.4. The molecule has 2 aromatic carbocycles. The number of hydrogen-bond donors (Lipinski definition) is 4. The molecule has 0 bridgehead atoms. The Bertz CT molecular complexity index is 2270. The summed E-state index contributed by atoms with van der Waals surface area (Å²) in [6, 6.07) is 24.3. The highest BCUT2D eigenvalue weighted by atomic mass is 35.5. The molecule has 14 heteroatoms. The number of nitrogens with zero attached hydrogens (tertiary/aromatic N) is 7. The summed E-state index contributed by atoms with van der Waals surface area (Å²) in [5.74, 6) is 3.87. The van der Waals surface area contributed by atoms with Crippen LogP contribution < -0.4 is 39.0 Å². The Balaban J connectivity index is 0.000000283. The Morgan fingerprint density at radius 2 is 1.22 bits per heavy atom. The summed E-state index contributed by atoms with van der Waals surface area (Å²) in [5.41, 5.74) is 9.42. The van der Waals surface area contributed by atoms with E-state index in [-0.39, 0.29) is 18.3 Å². The van der Waals surface area contributed by atoms with Crippen molar-refractivity contribution in [2.45, 2.75) is 144 Å². The van der Waals surface area contributed by atoms with Crippen LogP contribution in [0.4, 0.5) is 28.1 Å². The SMILES string of the molecule is CC(C)c1cnn2c(NCc3ccccc3)cc(NCCCCCC[NH3+])nc12.CCCCCCCNc1cc(N(Cc2ccccc2)C(=O)OC(C)(C)C)n2ncc(C(C)C)c2n1.[Cl-]. The number of quaternary nitrogens is 1. The minimum absolute atomic E-state index is 0. The number of anilines is 4. The molecule has 4 heterocycles. The van der Waals surface area contributed by atoms with E-state index in [1.165, 1.54) is 56.1 Å². The number of hydrogen-bond acceptors (Lipinski definition) is 9. The van der Waals surface area contributed by atoms with Gasteiger partial charge in [-0.25, -0.2) is 14.8 Å². The first-order valence-electron chi connectivity index (χ1n) is 23.2. The number of carbonyl (C=O) groups excluding carboxylic acids is 1. The first-order valence-corrected chi connectivity index (χ1v) is 23.2. The van der Waals surface area contributed by atoms with Crippen LogP contribution in [-0.4, -0.2) is 60.5 Å². The highest BCUT2D eigenvalue weighted by Crippen LogP contribution is 2.29. The predicted octanol–water partition coefficient (Wildman–Crippen LogP) is 7.86. The van der Waals surface area contributed by atoms with Crippen molar-refractivity contribution in [3.05, 3.63) is 107 Å². The molecule has 0 atom stereocenters. The third kappa shape index (κ3) is 15.4. The molecule has 6 N–H and O–H groups in total. The number of benzene rings is 2. The van der Waals surface area contributed by atoms with E-state index >= 15 is 0 Å². The van der Waals surface area contributed by atoms with Crippen molar-refractivity contribution >= 4 is 40.7 Å². The molecule has 64 heavy (non-hydrogen) atoms. The third-order valence-corrected chi connectivity index (χ3v) is 10.7. The van der Waals surface area contributed by atoms with Crippen molar-refractivity contribution in [2.75, 3.05) is 40.5 Å². The average Bonchev–Trinajstić information content (AvgIpc) is 3.90. The third-order valence-electron chi connectivity index (χ3n) is 10.7. The van der Waals surface area contributed by atoms with E-state index in [9.17, 15) is 4.79 Å². The fraction of sp³-hybridized carbons (Fsp3) is 0.500. The van der Waals surface area contributed by atoms with Gasteiger partial charge in [-0.3, -0.25) is 4.90 Å². The van der Waals surface area contributed by atoms with E-state index in [1.807, 2.05) is 80.1 Å². The number of ether oxygens (including phenoxy) is 1. The molecule has 0 fully saturated rings. The molecule has 0 aliphatic rings. The van der Waals surface area contributed by atoms with Gasteiger partial charge in [0.25, 0.3) is 0 Å². The summed E-state index contributed by atoms with van der Waals surface area (Å²) in [5, 5.41) is 19.7. The Morgan fingerprint density at radius 3 is 1.77 bits per heavy atom. The lowest BCUT2D eigenvalue weighted by Crippen LogP contribution is -3.00. The molecule has 4 aromatic heterocycles. The lowest BCUT2D eigenvalue weighted by molar-refractivity contribution is -0.368. The number of rotatable bonds is 22. The molecular weight excluding hydrogens is 822 g/mol. The van der Waals surface area contributed by atoms with E-state index in [0.717, 1.165) is 78.9 Å². The van der Waals surface area contributed by atoms with Gasteiger partial charge in [0, 0.05) is 42.9 Å². The smallest absolute Gasteiger partial charge is 0.416 e. The second kappa shape index (κ2) is 25.8. The van der Waals surface area contributed by atoms with E-state index in [4.69, 9.17) is 14.7 Å². The molecule has 0 spiro atoms. The number of aromatic nitrogens is 6. The first kappa shape index (κ1) is 51.2. The molecule has 0 saturated carbocycles. The largest absolute Gasteiger partial charge is 1.00 e. The van der Waals surface area contributed by atoms with Crippen LogP contribution in [-0.2, 0) is 17.8 Å². The predicted molar refractivity (Wildman–Crippen MR) is 259 cm³/mol. The van der Waals surface area contributed by atoms with Gasteiger partial charge in [-0.05, 0) is 69.4 Å². The summed E-state index contributed by atoms with van der Waals surface area (Å²) in [7, 11) is 0. The zero-order valence-electron chi connectivity index (χ0n) is 39.7. The van der Waals surface area contributed by atoms with Crippen molar-refractivity contribution in [1.29, 1.82) is 0 Å². The van der Waals surface area contributed by atoms with Crippen LogP contribution in [0, 0.1) is 0 Å². The van der Waals surface area contributed by atoms with Crippen molar-refractivity contribution in [3.63, 3.8) is 0 Å². The number of nitrogens with one attached hydrogen (secondary N) is 3. The van der Waals surface area contributed by atoms with Crippen LogP contribution in [0.3, 0.4) is 0 Å². The van der Waals surface area contributed by atoms with Gasteiger partial charge in [-0.15, -0.1) is 0 Å². The summed E-state index contributed by atoms with van der Waals surface area (Å²) in [4.78, 5) is 24.8. The highest BCUT2D eigenvalue weighted by molar-refractivity contribution is 5.88. The van der Waals surface area contributed by atoms with Gasteiger partial charge in [0.05, 0.1) is 25.5 Å². The molecule has 0 saturated heterocycles. The quantitative estimate of drug-likeness (QED) is 0.0499. The van der Waals surface area contributed by atoms with E-state index in [0.29, 0.717) is 18.3 Å². The molecule has 0 aliphatic carbocycles. The minimum Gasteiger partial charge on any atom is -1.00 e. The number of unbranched alkanes of at least 4 members (excludes halogenated alkanes) is 7. The number of fused-ring (bicyclic) bond motifs is 2. The Hall–Kier alpha value is -5.40. The fourth-order valence-electron chi connectivity index (χ4n) is 7.19. The Labute approximate surface area is 387 Å². The molecule has 0 aliphatic heterocycles. The molecule has 0 unspecified atom stereocenters. The average molecular weight is 897 g/mol. The van der Waals surface area contributed by atoms with Gasteiger partial charge in [0.1, 0.15) is 28.9 Å². The van der Waals surface area contributed by atoms with Crippen LogP contribution in [0.5, 0.6) is 0 Å². The van der Waals surface area contributed by atoms with Gasteiger partial charge < -0.3 is 38.8 Å². The summed E-state index contributed by atoms with van der Waals surface area (Å²) in [6.45, 7) is 20.4.